The maximum atomic E-state index is 15.3. The summed E-state index contributed by atoms with van der Waals surface area (Å²) in [5.74, 6) is -1.67. The molecule has 5 fully saturated rings. The van der Waals surface area contributed by atoms with Gasteiger partial charge in [0.1, 0.15) is 35.7 Å². The van der Waals surface area contributed by atoms with Gasteiger partial charge in [0.15, 0.2) is 0 Å². The molecule has 2 bridgehead atoms. The number of anilines is 1. The first-order valence-corrected chi connectivity index (χ1v) is 27.8. The average Bonchev–Trinajstić information content (AvgIpc) is 4.30. The third kappa shape index (κ3) is 11.7. The fourth-order valence-corrected chi connectivity index (χ4v) is 12.7. The number of thiazole rings is 1. The highest BCUT2D eigenvalue weighted by Crippen LogP contribution is 2.43. The van der Waals surface area contributed by atoms with Crippen LogP contribution in [0.15, 0.2) is 42.2 Å². The third-order valence-electron chi connectivity index (χ3n) is 16.0. The van der Waals surface area contributed by atoms with Gasteiger partial charge in [0.25, 0.3) is 0 Å². The number of benzene rings is 1. The number of halogens is 1. The zero-order chi connectivity index (χ0) is 53.3. The number of ether oxygens (including phenoxy) is 3. The Morgan fingerprint density at radius 1 is 1.04 bits per heavy atom. The van der Waals surface area contributed by atoms with Gasteiger partial charge in [-0.15, -0.1) is 16.4 Å². The molecule has 0 spiro atoms. The summed E-state index contributed by atoms with van der Waals surface area (Å²) >= 11 is 1.60. The number of aromatic hydroxyl groups is 1. The van der Waals surface area contributed by atoms with E-state index in [1.54, 1.807) is 20.9 Å². The number of aromatic nitrogens is 7. The third-order valence-corrected chi connectivity index (χ3v) is 17.0. The number of carbonyl (C=O) groups is 3. The van der Waals surface area contributed by atoms with E-state index in [0.717, 1.165) is 79.9 Å². The van der Waals surface area contributed by atoms with Crippen LogP contribution in [0.25, 0.3) is 21.3 Å². The normalized spacial score (nSPS) is 24.3. The molecular formula is C54H72FN13O7S. The smallest absolute Gasteiger partial charge is 0.319 e. The van der Waals surface area contributed by atoms with Gasteiger partial charge in [-0.3, -0.25) is 19.3 Å². The number of hydrogen-bond donors (Lipinski definition) is 4. The van der Waals surface area contributed by atoms with Crippen molar-refractivity contribution in [3.8, 4) is 22.3 Å². The van der Waals surface area contributed by atoms with Crippen molar-refractivity contribution in [2.24, 2.45) is 11.3 Å². The van der Waals surface area contributed by atoms with E-state index in [0.29, 0.717) is 61.7 Å². The predicted molar refractivity (Wildman–Crippen MR) is 283 cm³/mol. The van der Waals surface area contributed by atoms with E-state index in [2.05, 4.69) is 51.0 Å². The zero-order valence-electron chi connectivity index (χ0n) is 44.5. The van der Waals surface area contributed by atoms with Gasteiger partial charge in [-0.2, -0.15) is 14.4 Å². The molecule has 22 heteroatoms. The molecule has 1 aromatic carbocycles. The Hall–Kier alpha value is -5.94. The molecule has 4 N–H and O–H groups in total. The Kier molecular flexibility index (Phi) is 15.9. The number of nitrogens with one attached hydrogen (secondary N) is 3. The summed E-state index contributed by atoms with van der Waals surface area (Å²) in [6.07, 6.45) is 9.85. The highest BCUT2D eigenvalue weighted by atomic mass is 32.1. The standard InChI is InChI=1S/C54H72FN13O7S/c1-32-20-42(49(70)56-21-35-8-10-36(11-9-35)46-34(3)58-31-76-46)66(23-32)51(72)47(53(4,5)6)60-43(69)15-19-73-27-33(2)68-26-39(63-64-68)28-74-29-40-14-17-54(16-7-18-67(40)54)30-75-52-61-45-41(22-57-50(71)44(45)55)48(62-52)65-24-37-12-13-38(25-65)59-37/h8-11,22,26,31-33,37-38,40,42,47,59H,7,12-21,23-25,27-30H2,1-6H3,(H,56,70)(H,57,71)(H,60,69)/t32-,33?,37?,38?,40+,42+,47-,54+/m0/s1. The van der Waals surface area contributed by atoms with Crippen LogP contribution in [0.4, 0.5) is 10.2 Å². The second kappa shape index (κ2) is 22.6. The lowest BCUT2D eigenvalue weighted by Gasteiger charge is -2.35. The summed E-state index contributed by atoms with van der Waals surface area (Å²) in [4.78, 5) is 66.2. The van der Waals surface area contributed by atoms with Crippen LogP contribution in [0.1, 0.15) is 109 Å². The molecule has 8 atom stereocenters. The Morgan fingerprint density at radius 2 is 1.83 bits per heavy atom. The van der Waals surface area contributed by atoms with Crippen molar-refractivity contribution >= 4 is 45.8 Å². The van der Waals surface area contributed by atoms with Gasteiger partial charge < -0.3 is 45.1 Å². The Balaban J connectivity index is 0.659. The van der Waals surface area contributed by atoms with Crippen molar-refractivity contribution in [1.29, 1.82) is 0 Å². The monoisotopic (exact) mass is 1070 g/mol. The Bertz CT molecular complexity index is 2870. The number of likely N-dealkylation sites (tertiary alicyclic amines) is 1. The van der Waals surface area contributed by atoms with E-state index in [4.69, 9.17) is 19.2 Å². The van der Waals surface area contributed by atoms with Crippen molar-refractivity contribution in [2.45, 2.75) is 148 Å². The summed E-state index contributed by atoms with van der Waals surface area (Å²) in [6.45, 7) is 16.4. The number of amides is 3. The van der Waals surface area contributed by atoms with Crippen LogP contribution in [0.3, 0.4) is 0 Å². The van der Waals surface area contributed by atoms with Gasteiger partial charge in [0.2, 0.25) is 29.4 Å². The molecule has 408 valence electrons. The van der Waals surface area contributed by atoms with Gasteiger partial charge in [0, 0.05) is 56.9 Å². The number of piperazine rings is 1. The molecule has 3 unspecified atom stereocenters. The maximum absolute atomic E-state index is 15.3. The molecule has 10 rings (SSSR count). The molecule has 4 aromatic heterocycles. The van der Waals surface area contributed by atoms with E-state index in [1.807, 2.05) is 77.5 Å². The molecule has 0 radical (unpaired) electrons. The van der Waals surface area contributed by atoms with E-state index in [1.165, 1.54) is 6.20 Å². The van der Waals surface area contributed by atoms with Crippen molar-refractivity contribution in [2.75, 3.05) is 57.5 Å². The predicted octanol–water partition coefficient (Wildman–Crippen LogP) is 5.48. The summed E-state index contributed by atoms with van der Waals surface area (Å²) in [6, 6.07) is 7.34. The Labute approximate surface area is 446 Å². The molecule has 5 aliphatic heterocycles. The van der Waals surface area contributed by atoms with Crippen LogP contribution in [0, 0.1) is 24.1 Å². The number of rotatable bonds is 20. The molecule has 20 nitrogen and oxygen atoms in total. The summed E-state index contributed by atoms with van der Waals surface area (Å²) in [7, 11) is 0. The lowest BCUT2D eigenvalue weighted by atomic mass is 9.85. The van der Waals surface area contributed by atoms with Gasteiger partial charge in [-0.25, -0.2) is 14.6 Å². The van der Waals surface area contributed by atoms with Crippen LogP contribution < -0.4 is 25.6 Å². The first-order valence-electron chi connectivity index (χ1n) is 26.9. The number of fused-ring (bicyclic) bond motifs is 4. The SMILES string of the molecule is Cc1ncsc1-c1ccc(CNC(=O)[C@H]2C[C@H](C)CN2C(=O)[C@H](NC(=O)CCOCC(C)n2cc(COC[C@H]3CC[C@@]4(COc5nc(N6CC7CCC(C6)N7)c6cnc(O)c(F)c6n5)CCCN34)nn2)C(C)(C)C)cc1. The quantitative estimate of drug-likeness (QED) is 0.0708. The highest BCUT2D eigenvalue weighted by Gasteiger charge is 2.50. The van der Waals surface area contributed by atoms with Gasteiger partial charge in [-0.05, 0) is 87.8 Å². The molecule has 5 saturated heterocycles. The van der Waals surface area contributed by atoms with Gasteiger partial charge in [0.05, 0.1) is 65.7 Å². The Morgan fingerprint density at radius 3 is 2.58 bits per heavy atom. The maximum Gasteiger partial charge on any atom is 0.319 e. The van der Waals surface area contributed by atoms with E-state index in [-0.39, 0.29) is 79.0 Å². The molecule has 5 aromatic rings. The summed E-state index contributed by atoms with van der Waals surface area (Å²) < 4.78 is 35.6. The number of nitrogens with zero attached hydrogens (tertiary/aromatic N) is 10. The number of aryl methyl sites for hydroxylation is 1. The molecular weight excluding hydrogens is 994 g/mol. The topological polar surface area (TPSA) is 227 Å². The number of carbonyl (C=O) groups excluding carboxylic acids is 3. The van der Waals surface area contributed by atoms with Crippen LogP contribution in [-0.4, -0.2) is 156 Å². The lowest BCUT2D eigenvalue weighted by Crippen LogP contribution is -2.57. The second-order valence-electron chi connectivity index (χ2n) is 22.8. The highest BCUT2D eigenvalue weighted by molar-refractivity contribution is 7.13. The van der Waals surface area contributed by atoms with Crippen molar-refractivity contribution in [3.05, 3.63) is 64.9 Å². The molecule has 0 aliphatic carbocycles. The minimum Gasteiger partial charge on any atom is -0.491 e. The fraction of sp³-hybridized carbons (Fsp3) is 0.611. The lowest BCUT2D eigenvalue weighted by molar-refractivity contribution is -0.144. The van der Waals surface area contributed by atoms with Crippen LogP contribution in [0.2, 0.25) is 0 Å². The number of pyridine rings is 1. The fourth-order valence-electron chi connectivity index (χ4n) is 11.9. The van der Waals surface area contributed by atoms with Gasteiger partial charge >= 0.3 is 6.01 Å². The van der Waals surface area contributed by atoms with E-state index < -0.39 is 29.2 Å². The molecule has 9 heterocycles. The van der Waals surface area contributed by atoms with Crippen LogP contribution >= 0.6 is 11.3 Å². The minimum absolute atomic E-state index is 0.000328. The molecule has 5 aliphatic rings. The van der Waals surface area contributed by atoms with E-state index in [9.17, 15) is 19.5 Å². The average molecular weight is 1070 g/mol. The molecule has 0 saturated carbocycles. The van der Waals surface area contributed by atoms with Crippen molar-refractivity contribution in [3.63, 3.8) is 0 Å². The zero-order valence-corrected chi connectivity index (χ0v) is 45.3. The molecule has 76 heavy (non-hydrogen) atoms. The van der Waals surface area contributed by atoms with Crippen molar-refractivity contribution < 1.29 is 38.1 Å². The first-order chi connectivity index (χ1) is 36.5. The summed E-state index contributed by atoms with van der Waals surface area (Å²) in [5.41, 5.74) is 4.70. The number of hydrogen-bond acceptors (Lipinski definition) is 17. The van der Waals surface area contributed by atoms with Crippen LogP contribution in [0.5, 0.6) is 11.9 Å². The molecule has 3 amide bonds. The van der Waals surface area contributed by atoms with Crippen LogP contribution in [-0.2, 0) is 37.0 Å². The second-order valence-corrected chi connectivity index (χ2v) is 23.7. The van der Waals surface area contributed by atoms with Gasteiger partial charge in [-0.1, -0.05) is 57.2 Å². The minimum atomic E-state index is -0.881. The van der Waals surface area contributed by atoms with E-state index >= 15 is 4.39 Å². The largest absolute Gasteiger partial charge is 0.491 e. The first kappa shape index (κ1) is 53.5. The van der Waals surface area contributed by atoms with Crippen molar-refractivity contribution in [1.82, 2.24) is 60.7 Å². The summed E-state index contributed by atoms with van der Waals surface area (Å²) in [5, 5.41) is 28.9.